The number of nitrogens with one attached hydrogen (secondary N) is 1. The number of amides is 1. The van der Waals surface area contributed by atoms with Crippen molar-refractivity contribution < 1.29 is 19.1 Å². The second kappa shape index (κ2) is 11.2. The number of ether oxygens (including phenoxy) is 2. The van der Waals surface area contributed by atoms with Gasteiger partial charge in [-0.1, -0.05) is 39.7 Å². The van der Waals surface area contributed by atoms with Crippen molar-refractivity contribution in [1.29, 1.82) is 0 Å². The van der Waals surface area contributed by atoms with Crippen molar-refractivity contribution in [3.05, 3.63) is 67.5 Å². The molecule has 0 spiro atoms. The molecule has 2 aromatic carbocycles. The van der Waals surface area contributed by atoms with Gasteiger partial charge < -0.3 is 14.8 Å². The van der Waals surface area contributed by atoms with Gasteiger partial charge >= 0.3 is 5.97 Å². The van der Waals surface area contributed by atoms with Crippen molar-refractivity contribution in [2.45, 2.75) is 33.6 Å². The summed E-state index contributed by atoms with van der Waals surface area (Å²) in [4.78, 5) is 26.1. The zero-order valence-corrected chi connectivity index (χ0v) is 22.0. The van der Waals surface area contributed by atoms with Crippen molar-refractivity contribution in [2.75, 3.05) is 19.0 Å². The molecule has 0 aliphatic rings. The fourth-order valence-corrected chi connectivity index (χ4v) is 4.95. The summed E-state index contributed by atoms with van der Waals surface area (Å²) in [6.07, 6.45) is 0.792. The minimum atomic E-state index is -0.482. The van der Waals surface area contributed by atoms with Crippen LogP contribution in [0.5, 0.6) is 5.75 Å². The summed E-state index contributed by atoms with van der Waals surface area (Å²) in [6.45, 7) is 6.18. The maximum absolute atomic E-state index is 12.6. The molecular formula is C25H25BrClNO4S. The van der Waals surface area contributed by atoms with E-state index in [-0.39, 0.29) is 12.3 Å². The van der Waals surface area contributed by atoms with Crippen LogP contribution in [0, 0.1) is 20.8 Å². The van der Waals surface area contributed by atoms with Crippen molar-refractivity contribution in [3.8, 4) is 16.9 Å². The van der Waals surface area contributed by atoms with Gasteiger partial charge in [-0.05, 0) is 68.1 Å². The quantitative estimate of drug-likeness (QED) is 0.235. The molecule has 1 aromatic heterocycles. The number of thiophene rings is 1. The number of hydrogen-bond donors (Lipinski definition) is 1. The topological polar surface area (TPSA) is 64.6 Å². The molecule has 0 atom stereocenters. The number of benzene rings is 2. The summed E-state index contributed by atoms with van der Waals surface area (Å²) in [7, 11) is 1.34. The largest absolute Gasteiger partial charge is 0.494 e. The number of hydrogen-bond acceptors (Lipinski definition) is 5. The van der Waals surface area contributed by atoms with Gasteiger partial charge in [-0.15, -0.1) is 11.3 Å². The molecule has 174 valence electrons. The van der Waals surface area contributed by atoms with Gasteiger partial charge in [0.25, 0.3) is 0 Å². The van der Waals surface area contributed by atoms with E-state index < -0.39 is 5.97 Å². The monoisotopic (exact) mass is 549 g/mol. The van der Waals surface area contributed by atoms with Gasteiger partial charge in [0.1, 0.15) is 16.3 Å². The standard InChI is InChI=1S/C25H25BrClNO4S/c1-14-12-19(13-15(2)23(14)27)32-11-5-6-20(29)28-24-22(25(30)31-4)21(16(3)33-24)17-7-9-18(26)10-8-17/h7-10,12-13H,5-6,11H2,1-4H3,(H,28,29). The van der Waals surface area contributed by atoms with E-state index in [0.717, 1.165) is 42.4 Å². The highest BCUT2D eigenvalue weighted by Gasteiger charge is 2.25. The molecule has 0 aliphatic carbocycles. The lowest BCUT2D eigenvalue weighted by Crippen LogP contribution is -2.15. The van der Waals surface area contributed by atoms with Gasteiger partial charge in [-0.25, -0.2) is 4.79 Å². The van der Waals surface area contributed by atoms with E-state index >= 15 is 0 Å². The lowest BCUT2D eigenvalue weighted by Gasteiger charge is -2.10. The van der Waals surface area contributed by atoms with Gasteiger partial charge in [0.2, 0.25) is 5.91 Å². The zero-order chi connectivity index (χ0) is 24.1. The predicted octanol–water partition coefficient (Wildman–Crippen LogP) is 7.34. The second-order valence-corrected chi connectivity index (χ2v) is 10.1. The Hall–Kier alpha value is -2.35. The average molecular weight is 551 g/mol. The number of esters is 1. The van der Waals surface area contributed by atoms with Crippen LogP contribution in [-0.4, -0.2) is 25.6 Å². The number of anilines is 1. The highest BCUT2D eigenvalue weighted by molar-refractivity contribution is 9.10. The molecule has 0 aliphatic heterocycles. The van der Waals surface area contributed by atoms with Crippen molar-refractivity contribution in [1.82, 2.24) is 0 Å². The van der Waals surface area contributed by atoms with Crippen molar-refractivity contribution >= 4 is 55.7 Å². The molecule has 5 nitrogen and oxygen atoms in total. The molecule has 0 radical (unpaired) electrons. The number of methoxy groups -OCH3 is 1. The molecule has 33 heavy (non-hydrogen) atoms. The molecule has 0 unspecified atom stereocenters. The predicted molar refractivity (Wildman–Crippen MR) is 138 cm³/mol. The third-order valence-corrected chi connectivity index (χ3v) is 7.23. The number of carbonyl (C=O) groups is 2. The molecule has 3 rings (SSSR count). The smallest absolute Gasteiger partial charge is 0.341 e. The van der Waals surface area contributed by atoms with Crippen LogP contribution in [0.2, 0.25) is 5.02 Å². The van der Waals surface area contributed by atoms with Crippen LogP contribution in [-0.2, 0) is 9.53 Å². The average Bonchev–Trinajstić information content (AvgIpc) is 3.10. The Morgan fingerprint density at radius 3 is 2.33 bits per heavy atom. The molecular weight excluding hydrogens is 526 g/mol. The Bertz CT molecular complexity index is 1150. The van der Waals surface area contributed by atoms with Gasteiger partial charge in [0.05, 0.1) is 13.7 Å². The van der Waals surface area contributed by atoms with Crippen LogP contribution in [0.15, 0.2) is 40.9 Å². The first-order chi connectivity index (χ1) is 15.7. The first-order valence-corrected chi connectivity index (χ1v) is 12.4. The SMILES string of the molecule is COC(=O)c1c(NC(=O)CCCOc2cc(C)c(Cl)c(C)c2)sc(C)c1-c1ccc(Br)cc1. The molecule has 1 heterocycles. The lowest BCUT2D eigenvalue weighted by atomic mass is 10.0. The summed E-state index contributed by atoms with van der Waals surface area (Å²) in [5.41, 5.74) is 3.93. The molecule has 1 amide bonds. The molecule has 0 saturated carbocycles. The van der Waals surface area contributed by atoms with E-state index in [9.17, 15) is 9.59 Å². The minimum absolute atomic E-state index is 0.184. The van der Waals surface area contributed by atoms with Crippen molar-refractivity contribution in [3.63, 3.8) is 0 Å². The molecule has 0 bridgehead atoms. The van der Waals surface area contributed by atoms with Gasteiger partial charge in [-0.3, -0.25) is 4.79 Å². The van der Waals surface area contributed by atoms with Gasteiger partial charge in [0.15, 0.2) is 0 Å². The fourth-order valence-electron chi connectivity index (χ4n) is 3.50. The second-order valence-electron chi connectivity index (χ2n) is 7.61. The Labute approximate surface area is 211 Å². The van der Waals surface area contributed by atoms with Crippen molar-refractivity contribution in [2.24, 2.45) is 0 Å². The van der Waals surface area contributed by atoms with E-state index in [2.05, 4.69) is 21.2 Å². The summed E-state index contributed by atoms with van der Waals surface area (Å²) in [5.74, 6) is 0.0658. The Morgan fingerprint density at radius 1 is 1.09 bits per heavy atom. The number of rotatable bonds is 8. The first-order valence-electron chi connectivity index (χ1n) is 10.4. The third kappa shape index (κ3) is 6.16. The van der Waals surface area contributed by atoms with Crippen LogP contribution in [0.3, 0.4) is 0 Å². The maximum atomic E-state index is 12.6. The van der Waals surface area contributed by atoms with E-state index in [1.165, 1.54) is 18.4 Å². The zero-order valence-electron chi connectivity index (χ0n) is 18.9. The van der Waals surface area contributed by atoms with E-state index in [1.54, 1.807) is 0 Å². The van der Waals surface area contributed by atoms with Crippen LogP contribution >= 0.6 is 38.9 Å². The maximum Gasteiger partial charge on any atom is 0.341 e. The first kappa shape index (κ1) is 25.3. The molecule has 8 heteroatoms. The number of aryl methyl sites for hydroxylation is 3. The van der Waals surface area contributed by atoms with Crippen LogP contribution < -0.4 is 10.1 Å². The van der Waals surface area contributed by atoms with E-state index in [4.69, 9.17) is 21.1 Å². The van der Waals surface area contributed by atoms with Crippen LogP contribution in [0.25, 0.3) is 11.1 Å². The fraction of sp³-hybridized carbons (Fsp3) is 0.280. The molecule has 0 saturated heterocycles. The summed E-state index contributed by atoms with van der Waals surface area (Å²) < 4.78 is 11.7. The number of carbonyl (C=O) groups excluding carboxylic acids is 2. The Balaban J connectivity index is 1.67. The highest BCUT2D eigenvalue weighted by atomic mass is 79.9. The molecule has 3 aromatic rings. The summed E-state index contributed by atoms with van der Waals surface area (Å²) >= 11 is 11.0. The summed E-state index contributed by atoms with van der Waals surface area (Å²) in [6, 6.07) is 11.4. The third-order valence-electron chi connectivity index (χ3n) is 5.09. The molecule has 0 fully saturated rings. The van der Waals surface area contributed by atoms with Crippen LogP contribution in [0.1, 0.15) is 39.2 Å². The minimum Gasteiger partial charge on any atom is -0.494 e. The highest BCUT2D eigenvalue weighted by Crippen LogP contribution is 2.40. The van der Waals surface area contributed by atoms with Gasteiger partial charge in [-0.2, -0.15) is 0 Å². The molecule has 1 N–H and O–H groups in total. The van der Waals surface area contributed by atoms with Crippen LogP contribution in [0.4, 0.5) is 5.00 Å². The van der Waals surface area contributed by atoms with E-state index in [0.29, 0.717) is 23.6 Å². The lowest BCUT2D eigenvalue weighted by molar-refractivity contribution is -0.116. The van der Waals surface area contributed by atoms with E-state index in [1.807, 2.05) is 57.2 Å². The normalized spacial score (nSPS) is 10.7. The summed E-state index contributed by atoms with van der Waals surface area (Å²) in [5, 5.41) is 4.11. The van der Waals surface area contributed by atoms with Gasteiger partial charge in [0, 0.05) is 26.4 Å². The Morgan fingerprint density at radius 2 is 1.73 bits per heavy atom. The Kier molecular flexibility index (Phi) is 8.57. The number of halogens is 2.